The van der Waals surface area contributed by atoms with Crippen LogP contribution in [-0.4, -0.2) is 37.1 Å². The van der Waals surface area contributed by atoms with Crippen LogP contribution in [0.25, 0.3) is 5.76 Å². The monoisotopic (exact) mass is 516 g/mol. The Balaban J connectivity index is 2.15. The number of aryl methyl sites for hydroxylation is 1. The zero-order chi connectivity index (χ0) is 26.7. The van der Waals surface area contributed by atoms with Gasteiger partial charge in [0.2, 0.25) is 0 Å². The summed E-state index contributed by atoms with van der Waals surface area (Å²) in [6, 6.07) is 22.4. The molecule has 0 saturated heterocycles. The molecule has 2 N–H and O–H groups in total. The number of nitrogens with one attached hydrogen (secondary N) is 1. The van der Waals surface area contributed by atoms with Gasteiger partial charge in [-0.2, -0.15) is 0 Å². The molecule has 1 aliphatic heterocycles. The van der Waals surface area contributed by atoms with Gasteiger partial charge in [0, 0.05) is 21.8 Å². The lowest BCUT2D eigenvalue weighted by Gasteiger charge is -2.38. The summed E-state index contributed by atoms with van der Waals surface area (Å²) in [6.45, 7) is 1.91. The number of benzene rings is 3. The summed E-state index contributed by atoms with van der Waals surface area (Å²) in [4.78, 5) is 27.9. The van der Waals surface area contributed by atoms with Crippen LogP contribution in [0.3, 0.4) is 0 Å². The Kier molecular flexibility index (Phi) is 7.45. The molecule has 0 saturated carbocycles. The first-order valence-electron chi connectivity index (χ1n) is 11.4. The largest absolute Gasteiger partial charge is 0.507 e. The second-order valence-electron chi connectivity index (χ2n) is 8.38. The Bertz CT molecular complexity index is 1410. The lowest BCUT2D eigenvalue weighted by atomic mass is 9.78. The van der Waals surface area contributed by atoms with Crippen LogP contribution in [0.5, 0.6) is 0 Å². The Morgan fingerprint density at radius 2 is 1.49 bits per heavy atom. The number of anilines is 1. The normalized spacial score (nSPS) is 16.9. The number of rotatable bonds is 5. The first kappa shape index (κ1) is 25.7. The van der Waals surface area contributed by atoms with Crippen LogP contribution in [0.15, 0.2) is 95.7 Å². The second-order valence-corrected chi connectivity index (χ2v) is 8.81. The molecule has 1 atom stereocenters. The van der Waals surface area contributed by atoms with Crippen molar-refractivity contribution in [3.05, 3.63) is 117 Å². The minimum absolute atomic E-state index is 0.0780. The van der Waals surface area contributed by atoms with Crippen LogP contribution in [0.1, 0.15) is 22.6 Å². The molecule has 188 valence electrons. The van der Waals surface area contributed by atoms with Crippen LogP contribution in [0.2, 0.25) is 5.02 Å². The van der Waals surface area contributed by atoms with E-state index in [4.69, 9.17) is 21.1 Å². The van der Waals surface area contributed by atoms with Crippen LogP contribution >= 0.6 is 11.6 Å². The van der Waals surface area contributed by atoms with Crippen LogP contribution in [0, 0.1) is 12.3 Å². The van der Waals surface area contributed by atoms with Gasteiger partial charge in [0.05, 0.1) is 25.7 Å². The molecule has 0 aromatic heterocycles. The van der Waals surface area contributed by atoms with Gasteiger partial charge in [-0.15, -0.1) is 0 Å². The van der Waals surface area contributed by atoms with E-state index in [0.29, 0.717) is 21.8 Å². The van der Waals surface area contributed by atoms with Gasteiger partial charge >= 0.3 is 11.9 Å². The lowest BCUT2D eigenvalue weighted by molar-refractivity contribution is -0.139. The van der Waals surface area contributed by atoms with Gasteiger partial charge in [0.25, 0.3) is 0 Å². The smallest absolute Gasteiger partial charge is 0.355 e. The van der Waals surface area contributed by atoms with E-state index in [0.717, 1.165) is 5.56 Å². The number of aliphatic hydroxyl groups is 1. The van der Waals surface area contributed by atoms with Crippen LogP contribution in [0.4, 0.5) is 5.69 Å². The number of aliphatic hydroxyl groups excluding tert-OH is 1. The molecule has 4 rings (SSSR count). The molecule has 0 aliphatic carbocycles. The highest BCUT2D eigenvalue weighted by Gasteiger charge is 2.45. The Morgan fingerprint density at radius 1 is 0.892 bits per heavy atom. The fraction of sp³-hybridized carbons (Fsp3) is 0.138. The average Bonchev–Trinajstić information content (AvgIpc) is 2.92. The minimum Gasteiger partial charge on any atom is -0.507 e. The van der Waals surface area contributed by atoms with Crippen molar-refractivity contribution in [1.82, 2.24) is 0 Å². The number of halogens is 1. The molecule has 1 heterocycles. The van der Waals surface area contributed by atoms with Crippen molar-refractivity contribution in [3.8, 4) is 0 Å². The molecule has 3 aromatic carbocycles. The zero-order valence-electron chi connectivity index (χ0n) is 20.5. The number of carbonyl (C=O) groups excluding carboxylic acids is 2. The number of hydrogen-bond donors (Lipinski definition) is 2. The molecule has 3 aromatic rings. The Labute approximate surface area is 219 Å². The molecule has 1 unspecified atom stereocenters. The summed E-state index contributed by atoms with van der Waals surface area (Å²) in [5.41, 5.74) is 2.23. The molecule has 0 radical (unpaired) electrons. The van der Waals surface area contributed by atoms with E-state index in [9.17, 15) is 20.1 Å². The van der Waals surface area contributed by atoms with Crippen LogP contribution in [-0.2, 0) is 19.1 Å². The van der Waals surface area contributed by atoms with Crippen LogP contribution < -0.4 is 4.90 Å². The van der Waals surface area contributed by atoms with Gasteiger partial charge in [-0.25, -0.2) is 9.59 Å². The maximum Gasteiger partial charge on any atom is 0.355 e. The van der Waals surface area contributed by atoms with E-state index in [1.165, 1.54) is 19.1 Å². The van der Waals surface area contributed by atoms with Crippen molar-refractivity contribution >= 4 is 40.8 Å². The molecule has 0 bridgehead atoms. The van der Waals surface area contributed by atoms with E-state index in [1.807, 2.05) is 19.1 Å². The van der Waals surface area contributed by atoms with Gasteiger partial charge in [0.15, 0.2) is 0 Å². The predicted molar refractivity (Wildman–Crippen MR) is 143 cm³/mol. The van der Waals surface area contributed by atoms with Crippen molar-refractivity contribution in [3.63, 3.8) is 0 Å². The third kappa shape index (κ3) is 4.86. The average molecular weight is 517 g/mol. The fourth-order valence-electron chi connectivity index (χ4n) is 4.33. The van der Waals surface area contributed by atoms with Gasteiger partial charge in [0.1, 0.15) is 17.3 Å². The van der Waals surface area contributed by atoms with Gasteiger partial charge in [-0.3, -0.25) is 10.3 Å². The molecule has 0 spiro atoms. The summed E-state index contributed by atoms with van der Waals surface area (Å²) in [6.07, 6.45) is 0. The summed E-state index contributed by atoms with van der Waals surface area (Å²) in [5, 5.41) is 21.3. The molecule has 7 nitrogen and oxygen atoms in total. The standard InChI is InChI=1S/C29H25ClN2O5/c1-17-9-15-21(16-10-17)32-25(29(35)37-3)23(28(34)36-2)22(18-11-13-20(30)14-12-18)24(27(32)31)26(33)19-7-5-4-6-8-19/h4-16,22,31,33H,1-3H3/b26-24-,31-27?. The number of esters is 2. The van der Waals surface area contributed by atoms with E-state index in [1.54, 1.807) is 66.7 Å². The van der Waals surface area contributed by atoms with Crippen molar-refractivity contribution in [2.24, 2.45) is 0 Å². The second kappa shape index (κ2) is 10.7. The summed E-state index contributed by atoms with van der Waals surface area (Å²) < 4.78 is 10.2. The highest BCUT2D eigenvalue weighted by Crippen LogP contribution is 2.45. The Morgan fingerprint density at radius 3 is 2.05 bits per heavy atom. The quantitative estimate of drug-likeness (QED) is 0.328. The Hall–Kier alpha value is -4.36. The topological polar surface area (TPSA) is 99.9 Å². The minimum atomic E-state index is -1.03. The van der Waals surface area contributed by atoms with Gasteiger partial charge in [-0.05, 0) is 36.8 Å². The predicted octanol–water partition coefficient (Wildman–Crippen LogP) is 5.80. The first-order valence-corrected chi connectivity index (χ1v) is 11.8. The van der Waals surface area contributed by atoms with Crippen molar-refractivity contribution in [1.29, 1.82) is 5.41 Å². The van der Waals surface area contributed by atoms with E-state index in [-0.39, 0.29) is 28.4 Å². The van der Waals surface area contributed by atoms with Gasteiger partial charge in [-0.1, -0.05) is 71.8 Å². The third-order valence-corrected chi connectivity index (χ3v) is 6.37. The molecular weight excluding hydrogens is 492 g/mol. The van der Waals surface area contributed by atoms with Gasteiger partial charge < -0.3 is 14.6 Å². The summed E-state index contributed by atoms with van der Waals surface area (Å²) in [7, 11) is 2.41. The number of amidine groups is 1. The molecule has 0 fully saturated rings. The lowest BCUT2D eigenvalue weighted by Crippen LogP contribution is -2.44. The molecule has 8 heteroatoms. The molecule has 37 heavy (non-hydrogen) atoms. The highest BCUT2D eigenvalue weighted by molar-refractivity contribution is 6.30. The summed E-state index contributed by atoms with van der Waals surface area (Å²) in [5.74, 6) is -3.08. The number of nitrogens with zero attached hydrogens (tertiary/aromatic N) is 1. The first-order chi connectivity index (χ1) is 17.8. The zero-order valence-corrected chi connectivity index (χ0v) is 21.2. The maximum absolute atomic E-state index is 13.4. The number of ether oxygens (including phenoxy) is 2. The molecule has 0 amide bonds. The van der Waals surface area contributed by atoms with Crippen molar-refractivity contribution in [2.75, 3.05) is 19.1 Å². The highest BCUT2D eigenvalue weighted by atomic mass is 35.5. The van der Waals surface area contributed by atoms with Crippen molar-refractivity contribution in [2.45, 2.75) is 12.8 Å². The SMILES string of the molecule is COC(=O)C1=C(C(=O)OC)N(c2ccc(C)cc2)C(=N)/C(=C(\O)c2ccccc2)C1c1ccc(Cl)cc1. The molecule has 1 aliphatic rings. The molecular formula is C29H25ClN2O5. The van der Waals surface area contributed by atoms with E-state index < -0.39 is 17.9 Å². The van der Waals surface area contributed by atoms with Crippen molar-refractivity contribution < 1.29 is 24.2 Å². The van der Waals surface area contributed by atoms with E-state index >= 15 is 0 Å². The number of methoxy groups -OCH3 is 2. The van der Waals surface area contributed by atoms with E-state index in [2.05, 4.69) is 0 Å². The number of hydrogen-bond acceptors (Lipinski definition) is 6. The maximum atomic E-state index is 13.4. The third-order valence-electron chi connectivity index (χ3n) is 6.12. The summed E-state index contributed by atoms with van der Waals surface area (Å²) >= 11 is 6.13. The fourth-order valence-corrected chi connectivity index (χ4v) is 4.46. The number of carbonyl (C=O) groups is 2.